The number of nitro groups is 1. The maximum absolute atomic E-state index is 13.8. The van der Waals surface area contributed by atoms with E-state index in [1.807, 2.05) is 0 Å². The molecule has 1 aliphatic heterocycles. The normalized spacial score (nSPS) is 15.2. The third kappa shape index (κ3) is 3.94. The molecule has 1 aromatic carbocycles. The number of rotatable bonds is 5. The maximum Gasteiger partial charge on any atom is 0.451 e. The SMILES string of the molecule is O=C(CC(Cc1c[nH]c2c(F)cccc12)[N+](=O)[O-])N1CCn2c(nnc2C(F)(F)F)C1. The Hall–Kier alpha value is -3.51. The van der Waals surface area contributed by atoms with E-state index in [1.165, 1.54) is 23.2 Å². The number of aromatic nitrogens is 4. The molecule has 1 unspecified atom stereocenters. The van der Waals surface area contributed by atoms with E-state index in [1.54, 1.807) is 6.07 Å². The fourth-order valence-corrected chi connectivity index (χ4v) is 3.73. The van der Waals surface area contributed by atoms with Crippen LogP contribution in [0, 0.1) is 15.9 Å². The van der Waals surface area contributed by atoms with Crippen LogP contribution in [-0.2, 0) is 30.5 Å². The highest BCUT2D eigenvalue weighted by atomic mass is 19.4. The largest absolute Gasteiger partial charge is 0.451 e. The molecule has 0 aliphatic carbocycles. The molecule has 13 heteroatoms. The van der Waals surface area contributed by atoms with Gasteiger partial charge in [0, 0.05) is 36.0 Å². The fourth-order valence-electron chi connectivity index (χ4n) is 3.73. The molecule has 4 rings (SSSR count). The van der Waals surface area contributed by atoms with E-state index < -0.39 is 41.1 Å². The number of fused-ring (bicyclic) bond motifs is 2. The molecule has 0 spiro atoms. The topological polar surface area (TPSA) is 110 Å². The fraction of sp³-hybridized carbons (Fsp3) is 0.389. The summed E-state index contributed by atoms with van der Waals surface area (Å²) in [5.74, 6) is -2.23. The van der Waals surface area contributed by atoms with Crippen LogP contribution in [0.5, 0.6) is 0 Å². The van der Waals surface area contributed by atoms with Crippen molar-refractivity contribution >= 4 is 16.8 Å². The minimum Gasteiger partial charge on any atom is -0.359 e. The van der Waals surface area contributed by atoms with Crippen LogP contribution in [0.3, 0.4) is 0 Å². The number of amides is 1. The average Bonchev–Trinajstić information content (AvgIpc) is 3.31. The highest BCUT2D eigenvalue weighted by molar-refractivity contribution is 5.84. The molecule has 0 saturated carbocycles. The van der Waals surface area contributed by atoms with Gasteiger partial charge in [-0.1, -0.05) is 12.1 Å². The molecule has 31 heavy (non-hydrogen) atoms. The number of para-hydroxylation sites is 1. The second-order valence-corrected chi connectivity index (χ2v) is 7.23. The van der Waals surface area contributed by atoms with Gasteiger partial charge in [0.1, 0.15) is 5.82 Å². The van der Waals surface area contributed by atoms with E-state index in [-0.39, 0.29) is 37.4 Å². The zero-order valence-corrected chi connectivity index (χ0v) is 15.9. The highest BCUT2D eigenvalue weighted by Crippen LogP contribution is 2.29. The molecule has 0 saturated heterocycles. The highest BCUT2D eigenvalue weighted by Gasteiger charge is 2.40. The smallest absolute Gasteiger partial charge is 0.359 e. The van der Waals surface area contributed by atoms with Crippen LogP contribution >= 0.6 is 0 Å². The molecule has 2 aromatic heterocycles. The number of aromatic amines is 1. The number of carbonyl (C=O) groups is 1. The Bertz CT molecular complexity index is 1160. The summed E-state index contributed by atoms with van der Waals surface area (Å²) in [6.45, 7) is -0.423. The van der Waals surface area contributed by atoms with Crippen molar-refractivity contribution in [3.63, 3.8) is 0 Å². The van der Waals surface area contributed by atoms with Gasteiger partial charge in [-0.05, 0) is 11.6 Å². The number of nitrogens with zero attached hydrogens (tertiary/aromatic N) is 5. The Morgan fingerprint density at radius 2 is 2.06 bits per heavy atom. The number of hydrogen-bond donors (Lipinski definition) is 1. The summed E-state index contributed by atoms with van der Waals surface area (Å²) in [5.41, 5.74) is 0.721. The molecule has 1 aliphatic rings. The van der Waals surface area contributed by atoms with Crippen LogP contribution in [0.15, 0.2) is 24.4 Å². The van der Waals surface area contributed by atoms with Gasteiger partial charge in [0.25, 0.3) is 0 Å². The molecule has 0 bridgehead atoms. The molecule has 9 nitrogen and oxygen atoms in total. The van der Waals surface area contributed by atoms with Gasteiger partial charge in [0.05, 0.1) is 18.5 Å². The lowest BCUT2D eigenvalue weighted by molar-refractivity contribution is -0.521. The van der Waals surface area contributed by atoms with Gasteiger partial charge in [-0.15, -0.1) is 10.2 Å². The predicted octanol–water partition coefficient (Wildman–Crippen LogP) is 2.54. The van der Waals surface area contributed by atoms with E-state index in [4.69, 9.17) is 0 Å². The maximum atomic E-state index is 13.8. The lowest BCUT2D eigenvalue weighted by atomic mass is 10.0. The molecular weight excluding hydrogens is 424 g/mol. The zero-order valence-electron chi connectivity index (χ0n) is 15.9. The molecule has 1 amide bonds. The summed E-state index contributed by atoms with van der Waals surface area (Å²) >= 11 is 0. The second kappa shape index (κ2) is 7.63. The van der Waals surface area contributed by atoms with E-state index in [2.05, 4.69) is 15.2 Å². The lowest BCUT2D eigenvalue weighted by Crippen LogP contribution is -2.41. The molecule has 3 aromatic rings. The van der Waals surface area contributed by atoms with Crippen molar-refractivity contribution in [3.05, 3.63) is 57.5 Å². The number of benzene rings is 1. The van der Waals surface area contributed by atoms with Crippen molar-refractivity contribution in [2.24, 2.45) is 0 Å². The van der Waals surface area contributed by atoms with E-state index >= 15 is 0 Å². The zero-order chi connectivity index (χ0) is 22.3. The first-order valence-electron chi connectivity index (χ1n) is 9.30. The minimum atomic E-state index is -4.66. The number of alkyl halides is 3. The van der Waals surface area contributed by atoms with Crippen molar-refractivity contribution < 1.29 is 27.3 Å². The van der Waals surface area contributed by atoms with Crippen LogP contribution in [0.2, 0.25) is 0 Å². The Morgan fingerprint density at radius 1 is 1.29 bits per heavy atom. The third-order valence-corrected chi connectivity index (χ3v) is 5.27. The first-order chi connectivity index (χ1) is 14.6. The number of hydrogen-bond acceptors (Lipinski definition) is 5. The van der Waals surface area contributed by atoms with Crippen molar-refractivity contribution in [1.29, 1.82) is 0 Å². The Kier molecular flexibility index (Phi) is 5.11. The van der Waals surface area contributed by atoms with E-state index in [0.717, 1.165) is 4.57 Å². The first kappa shape index (κ1) is 20.8. The van der Waals surface area contributed by atoms with Gasteiger partial charge in [-0.2, -0.15) is 13.2 Å². The van der Waals surface area contributed by atoms with Crippen LogP contribution in [-0.4, -0.2) is 48.1 Å². The van der Waals surface area contributed by atoms with Crippen molar-refractivity contribution in [1.82, 2.24) is 24.6 Å². The average molecular weight is 440 g/mol. The van der Waals surface area contributed by atoms with Gasteiger partial charge in [0.2, 0.25) is 17.8 Å². The van der Waals surface area contributed by atoms with Gasteiger partial charge >= 0.3 is 6.18 Å². The molecule has 164 valence electrons. The summed E-state index contributed by atoms with van der Waals surface area (Å²) in [6, 6.07) is 3.09. The molecule has 1 atom stereocenters. The second-order valence-electron chi connectivity index (χ2n) is 7.23. The van der Waals surface area contributed by atoms with Crippen LogP contribution in [0.4, 0.5) is 17.6 Å². The quantitative estimate of drug-likeness (QED) is 0.373. The summed E-state index contributed by atoms with van der Waals surface area (Å²) in [5, 5.41) is 18.7. The molecular formula is C18H16F4N6O3. The number of halogens is 4. The first-order valence-corrected chi connectivity index (χ1v) is 9.30. The molecule has 0 fully saturated rings. The molecule has 3 heterocycles. The van der Waals surface area contributed by atoms with Crippen LogP contribution in [0.25, 0.3) is 10.9 Å². The Balaban J connectivity index is 1.48. The third-order valence-electron chi connectivity index (χ3n) is 5.27. The number of H-pyrrole nitrogens is 1. The standard InChI is InChI=1S/C18H16F4N6O3/c19-13-3-1-2-12-10(8-23-16(12)13)6-11(28(30)31)7-15(29)26-4-5-27-14(9-26)24-25-17(27)18(20,21)22/h1-3,8,11,23H,4-7,9H2. The van der Waals surface area contributed by atoms with Gasteiger partial charge < -0.3 is 14.5 Å². The van der Waals surface area contributed by atoms with E-state index in [0.29, 0.717) is 10.9 Å². The van der Waals surface area contributed by atoms with Crippen LogP contribution < -0.4 is 0 Å². The Labute approximate surface area is 171 Å². The summed E-state index contributed by atoms with van der Waals surface area (Å²) in [4.78, 5) is 27.6. The summed E-state index contributed by atoms with van der Waals surface area (Å²) in [6.07, 6.45) is -3.75. The summed E-state index contributed by atoms with van der Waals surface area (Å²) in [7, 11) is 0. The monoisotopic (exact) mass is 440 g/mol. The number of carbonyl (C=O) groups excluding carboxylic acids is 1. The van der Waals surface area contributed by atoms with Crippen molar-refractivity contribution in [3.8, 4) is 0 Å². The molecule has 1 N–H and O–H groups in total. The molecule has 0 radical (unpaired) electrons. The van der Waals surface area contributed by atoms with E-state index in [9.17, 15) is 32.5 Å². The summed E-state index contributed by atoms with van der Waals surface area (Å²) < 4.78 is 53.5. The minimum absolute atomic E-state index is 0.0309. The van der Waals surface area contributed by atoms with Crippen molar-refractivity contribution in [2.45, 2.75) is 38.1 Å². The Morgan fingerprint density at radius 3 is 2.77 bits per heavy atom. The van der Waals surface area contributed by atoms with Gasteiger partial charge in [0.15, 0.2) is 5.82 Å². The lowest BCUT2D eigenvalue weighted by Gasteiger charge is -2.28. The number of nitrogens with one attached hydrogen (secondary N) is 1. The van der Waals surface area contributed by atoms with Crippen LogP contribution in [0.1, 0.15) is 23.6 Å². The van der Waals surface area contributed by atoms with Gasteiger partial charge in [-0.25, -0.2) is 4.39 Å². The predicted molar refractivity (Wildman–Crippen MR) is 97.8 cm³/mol. The van der Waals surface area contributed by atoms with Crippen molar-refractivity contribution in [2.75, 3.05) is 6.54 Å². The van der Waals surface area contributed by atoms with Gasteiger partial charge in [-0.3, -0.25) is 14.9 Å².